The van der Waals surface area contributed by atoms with Crippen LogP contribution in [0.25, 0.3) is 77.3 Å². The molecule has 2 heterocycles. The van der Waals surface area contributed by atoms with Crippen LogP contribution in [0.15, 0.2) is 233 Å². The number of para-hydroxylation sites is 1. The molecule has 0 saturated heterocycles. The fourth-order valence-corrected chi connectivity index (χ4v) is 10.2. The topological polar surface area (TPSA) is 29.5 Å². The number of rotatable bonds is 8. The van der Waals surface area contributed by atoms with E-state index in [2.05, 4.69) is 230 Å². The molecule has 2 aliphatic rings. The Morgan fingerprint density at radius 1 is 0.531 bits per heavy atom. The maximum Gasteiger partial charge on any atom is 0.140 e. The zero-order chi connectivity index (χ0) is 42.6. The lowest BCUT2D eigenvalue weighted by molar-refractivity contribution is 0.571. The Morgan fingerprint density at radius 3 is 1.86 bits per heavy atom. The number of nitrogens with zero attached hydrogens (tertiary/aromatic N) is 1. The third-order valence-electron chi connectivity index (χ3n) is 13.4. The number of fused-ring (bicyclic) bond motifs is 6. The Bertz CT molecular complexity index is 3480. The second-order valence-corrected chi connectivity index (χ2v) is 17.4. The maximum absolute atomic E-state index is 7.04. The van der Waals surface area contributed by atoms with Crippen LogP contribution in [0.1, 0.15) is 42.4 Å². The fraction of sp³-hybridized carbons (Fsp3) is 0.0820. The first kappa shape index (κ1) is 37.8. The van der Waals surface area contributed by atoms with E-state index in [0.29, 0.717) is 0 Å². The average Bonchev–Trinajstić information content (AvgIpc) is 3.93. The number of hydrogen-bond donors (Lipinski definition) is 0. The Balaban J connectivity index is 0.968. The van der Waals surface area contributed by atoms with Gasteiger partial charge in [-0.15, -0.1) is 0 Å². The minimum atomic E-state index is -0.313. The summed E-state index contributed by atoms with van der Waals surface area (Å²) in [4.78, 5) is 2.49. The predicted molar refractivity (Wildman–Crippen MR) is 268 cm³/mol. The van der Waals surface area contributed by atoms with E-state index in [0.717, 1.165) is 79.2 Å². The summed E-state index contributed by atoms with van der Waals surface area (Å²) < 4.78 is 13.7. The Morgan fingerprint density at radius 2 is 1.16 bits per heavy atom. The van der Waals surface area contributed by atoms with E-state index in [1.165, 1.54) is 39.0 Å². The molecule has 64 heavy (non-hydrogen) atoms. The first-order chi connectivity index (χ1) is 31.6. The van der Waals surface area contributed by atoms with E-state index >= 15 is 0 Å². The van der Waals surface area contributed by atoms with Gasteiger partial charge in [0.25, 0.3) is 0 Å². The van der Waals surface area contributed by atoms with Gasteiger partial charge in [0.05, 0.1) is 5.54 Å². The lowest BCUT2D eigenvalue weighted by Gasteiger charge is -2.42. The van der Waals surface area contributed by atoms with Crippen molar-refractivity contribution in [3.05, 3.63) is 241 Å². The molecule has 0 radical (unpaired) electrons. The quantitative estimate of drug-likeness (QED) is 0.153. The summed E-state index contributed by atoms with van der Waals surface area (Å²) in [6.07, 6.45) is 15.6. The molecular formula is C61H45NO2. The van der Waals surface area contributed by atoms with Crippen molar-refractivity contribution < 1.29 is 8.83 Å². The van der Waals surface area contributed by atoms with Crippen LogP contribution in [0.3, 0.4) is 0 Å². The molecule has 12 rings (SSSR count). The van der Waals surface area contributed by atoms with Gasteiger partial charge in [-0.3, -0.25) is 0 Å². The molecule has 0 fully saturated rings. The summed E-state index contributed by atoms with van der Waals surface area (Å²) in [5.41, 5.74) is 16.4. The summed E-state index contributed by atoms with van der Waals surface area (Å²) in [6.45, 7) is 2.34. The molecule has 0 bridgehead atoms. The SMILES string of the molecule is CC1(N(c2ccc(-c3ccccc3)cc2)c2ccc(-c3cccc4oc5c(C6C=CC=C(c7ccccc7)C6)c6c(cc5c34)oc3ccccc36)cc2)C=CC(c2ccccc2)=CC1. The first-order valence-corrected chi connectivity index (χ1v) is 22.3. The fourth-order valence-electron chi connectivity index (χ4n) is 10.2. The maximum atomic E-state index is 7.04. The van der Waals surface area contributed by atoms with Crippen LogP contribution in [-0.2, 0) is 0 Å². The molecule has 2 aliphatic carbocycles. The van der Waals surface area contributed by atoms with Crippen LogP contribution in [0, 0.1) is 0 Å². The van der Waals surface area contributed by atoms with Crippen LogP contribution < -0.4 is 4.90 Å². The van der Waals surface area contributed by atoms with Gasteiger partial charge in [-0.05, 0) is 107 Å². The largest absolute Gasteiger partial charge is 0.456 e. The van der Waals surface area contributed by atoms with E-state index in [1.807, 2.05) is 6.07 Å². The molecule has 0 N–H and O–H groups in total. The average molecular weight is 824 g/mol. The zero-order valence-corrected chi connectivity index (χ0v) is 35.6. The lowest BCUT2D eigenvalue weighted by atomic mass is 9.83. The van der Waals surface area contributed by atoms with Gasteiger partial charge >= 0.3 is 0 Å². The van der Waals surface area contributed by atoms with Crippen LogP contribution >= 0.6 is 0 Å². The lowest BCUT2D eigenvalue weighted by Crippen LogP contribution is -2.42. The van der Waals surface area contributed by atoms with Gasteiger partial charge in [0.15, 0.2) is 0 Å². The monoisotopic (exact) mass is 823 g/mol. The van der Waals surface area contributed by atoms with Crippen molar-refractivity contribution in [2.24, 2.45) is 0 Å². The number of allylic oxidation sites excluding steroid dienone is 6. The van der Waals surface area contributed by atoms with Crippen molar-refractivity contribution in [3.63, 3.8) is 0 Å². The summed E-state index contributed by atoms with van der Waals surface area (Å²) in [5.74, 6) is 0.0947. The number of hydrogen-bond acceptors (Lipinski definition) is 3. The molecule has 2 atom stereocenters. The molecule has 3 heteroatoms. The van der Waals surface area contributed by atoms with Gasteiger partial charge in [-0.2, -0.15) is 0 Å². The Kier molecular flexibility index (Phi) is 9.15. The molecule has 10 aromatic rings. The van der Waals surface area contributed by atoms with Gasteiger partial charge in [-0.1, -0.05) is 182 Å². The normalized spacial score (nSPS) is 17.3. The van der Waals surface area contributed by atoms with E-state index in [4.69, 9.17) is 8.83 Å². The molecule has 2 unspecified atom stereocenters. The van der Waals surface area contributed by atoms with Crippen LogP contribution in [-0.4, -0.2) is 5.54 Å². The van der Waals surface area contributed by atoms with E-state index in [1.54, 1.807) is 0 Å². The van der Waals surface area contributed by atoms with Gasteiger partial charge in [0.2, 0.25) is 0 Å². The summed E-state index contributed by atoms with van der Waals surface area (Å²) in [7, 11) is 0. The molecule has 0 spiro atoms. The number of anilines is 2. The van der Waals surface area contributed by atoms with Crippen molar-refractivity contribution in [2.75, 3.05) is 4.90 Å². The molecule has 0 aliphatic heterocycles. The third-order valence-corrected chi connectivity index (χ3v) is 13.4. The van der Waals surface area contributed by atoms with Crippen molar-refractivity contribution >= 4 is 66.4 Å². The molecule has 2 aromatic heterocycles. The van der Waals surface area contributed by atoms with Crippen LogP contribution in [0.4, 0.5) is 11.4 Å². The number of furan rings is 2. The Hall–Kier alpha value is -7.88. The van der Waals surface area contributed by atoms with Crippen molar-refractivity contribution in [2.45, 2.75) is 31.2 Å². The van der Waals surface area contributed by atoms with Gasteiger partial charge in [0, 0.05) is 44.4 Å². The van der Waals surface area contributed by atoms with E-state index in [-0.39, 0.29) is 11.5 Å². The minimum absolute atomic E-state index is 0.0947. The highest BCUT2D eigenvalue weighted by molar-refractivity contribution is 6.20. The summed E-state index contributed by atoms with van der Waals surface area (Å²) in [5, 5.41) is 4.41. The Labute approximate surface area is 373 Å². The molecule has 306 valence electrons. The minimum Gasteiger partial charge on any atom is -0.456 e. The summed E-state index contributed by atoms with van der Waals surface area (Å²) in [6, 6.07) is 67.2. The summed E-state index contributed by atoms with van der Waals surface area (Å²) >= 11 is 0. The highest BCUT2D eigenvalue weighted by Gasteiger charge is 2.33. The molecule has 0 saturated carbocycles. The standard InChI is InChI=1S/C61H45NO2/c1-61(37-35-45(36-38-61)42-17-7-3-8-18-42)62(49-31-27-44(28-32-49)41-15-5-2-6-16-41)50-33-29-46(30-34-50)51-24-14-26-55-58(51)53-40-56-59(52-23-11-12-25-54(52)63-56)57(60(53)64-55)48-22-13-21-47(39-48)43-19-9-4-10-20-43/h2-37,40,48H,38-39H2,1H3. The predicted octanol–water partition coefficient (Wildman–Crippen LogP) is 16.9. The van der Waals surface area contributed by atoms with Crippen molar-refractivity contribution in [1.29, 1.82) is 0 Å². The third kappa shape index (κ3) is 6.51. The van der Waals surface area contributed by atoms with E-state index < -0.39 is 0 Å². The van der Waals surface area contributed by atoms with Crippen molar-refractivity contribution in [1.82, 2.24) is 0 Å². The van der Waals surface area contributed by atoms with Crippen LogP contribution in [0.2, 0.25) is 0 Å². The van der Waals surface area contributed by atoms with Gasteiger partial charge < -0.3 is 13.7 Å². The zero-order valence-electron chi connectivity index (χ0n) is 35.6. The number of benzene rings is 8. The first-order valence-electron chi connectivity index (χ1n) is 22.3. The highest BCUT2D eigenvalue weighted by Crippen LogP contribution is 2.49. The molecule has 0 amide bonds. The van der Waals surface area contributed by atoms with Crippen molar-refractivity contribution in [3.8, 4) is 22.3 Å². The second-order valence-electron chi connectivity index (χ2n) is 17.4. The van der Waals surface area contributed by atoms with Crippen LogP contribution in [0.5, 0.6) is 0 Å². The molecule has 3 nitrogen and oxygen atoms in total. The smallest absolute Gasteiger partial charge is 0.140 e. The van der Waals surface area contributed by atoms with Gasteiger partial charge in [-0.25, -0.2) is 0 Å². The highest BCUT2D eigenvalue weighted by atomic mass is 16.3. The van der Waals surface area contributed by atoms with Gasteiger partial charge in [0.1, 0.15) is 22.3 Å². The molecule has 8 aromatic carbocycles. The van der Waals surface area contributed by atoms with E-state index in [9.17, 15) is 0 Å². The second kappa shape index (κ2) is 15.5. The molecular weight excluding hydrogens is 779 g/mol.